The number of thiophene rings is 1. The number of carbonyl (C=O) groups excluding carboxylic acids is 1. The Bertz CT molecular complexity index is 1080. The van der Waals surface area contributed by atoms with Crippen molar-refractivity contribution in [3.05, 3.63) is 80.7 Å². The van der Waals surface area contributed by atoms with Crippen LogP contribution in [0.1, 0.15) is 46.1 Å². The molecular weight excluding hydrogens is 386 g/mol. The summed E-state index contributed by atoms with van der Waals surface area (Å²) in [7, 11) is 0. The highest BCUT2D eigenvalue weighted by atomic mass is 32.1. The van der Waals surface area contributed by atoms with Crippen LogP contribution in [0, 0.1) is 0 Å². The zero-order valence-electron chi connectivity index (χ0n) is 15.4. The molecule has 0 radical (unpaired) electrons. The molecule has 1 aliphatic carbocycles. The lowest BCUT2D eigenvalue weighted by atomic mass is 9.89. The van der Waals surface area contributed by atoms with Crippen LogP contribution in [0.3, 0.4) is 0 Å². The van der Waals surface area contributed by atoms with Crippen LogP contribution in [0.4, 0.5) is 0 Å². The molecule has 1 unspecified atom stereocenters. The van der Waals surface area contributed by atoms with Gasteiger partial charge in [0.15, 0.2) is 4.96 Å². The lowest BCUT2D eigenvalue weighted by Gasteiger charge is -2.22. The number of aryl methyl sites for hydroxylation is 2. The predicted molar refractivity (Wildman–Crippen MR) is 114 cm³/mol. The SMILES string of the molecule is O=C(Cc1cn2ccsc2n1)NC(c1ccc2c(c1)CCCC2)c1cccs1. The summed E-state index contributed by atoms with van der Waals surface area (Å²) in [6.45, 7) is 0. The quantitative estimate of drug-likeness (QED) is 0.517. The fraction of sp³-hybridized carbons (Fsp3) is 0.273. The molecule has 3 heterocycles. The zero-order chi connectivity index (χ0) is 18.9. The van der Waals surface area contributed by atoms with E-state index in [0.29, 0.717) is 6.42 Å². The summed E-state index contributed by atoms with van der Waals surface area (Å²) in [6.07, 6.45) is 9.04. The van der Waals surface area contributed by atoms with E-state index in [1.807, 2.05) is 28.2 Å². The summed E-state index contributed by atoms with van der Waals surface area (Å²) in [5.41, 5.74) is 4.88. The minimum absolute atomic E-state index is 0.00173. The summed E-state index contributed by atoms with van der Waals surface area (Å²) < 4.78 is 1.97. The van der Waals surface area contributed by atoms with Crippen LogP contribution in [0.2, 0.25) is 0 Å². The second-order valence-electron chi connectivity index (χ2n) is 7.25. The summed E-state index contributed by atoms with van der Waals surface area (Å²) in [6, 6.07) is 10.8. The van der Waals surface area contributed by atoms with Crippen LogP contribution in [0.25, 0.3) is 4.96 Å². The Morgan fingerprint density at radius 1 is 1.14 bits per heavy atom. The Morgan fingerprint density at radius 2 is 2.04 bits per heavy atom. The fourth-order valence-corrected chi connectivity index (χ4v) is 5.47. The van der Waals surface area contributed by atoms with Crippen molar-refractivity contribution in [2.75, 3.05) is 0 Å². The second kappa shape index (κ2) is 7.53. The minimum Gasteiger partial charge on any atom is -0.344 e. The van der Waals surface area contributed by atoms with Crippen LogP contribution in [0.5, 0.6) is 0 Å². The van der Waals surface area contributed by atoms with Crippen molar-refractivity contribution in [1.29, 1.82) is 0 Å². The van der Waals surface area contributed by atoms with Crippen molar-refractivity contribution < 1.29 is 4.79 Å². The first-order valence-corrected chi connectivity index (χ1v) is 11.4. The molecular formula is C22H21N3OS2. The van der Waals surface area contributed by atoms with E-state index in [2.05, 4.69) is 39.9 Å². The largest absolute Gasteiger partial charge is 0.344 e. The number of fused-ring (bicyclic) bond motifs is 2. The van der Waals surface area contributed by atoms with Gasteiger partial charge in [0.05, 0.1) is 18.2 Å². The van der Waals surface area contributed by atoms with Crippen molar-refractivity contribution in [3.63, 3.8) is 0 Å². The first-order valence-electron chi connectivity index (χ1n) is 9.62. The van der Waals surface area contributed by atoms with Crippen molar-refractivity contribution in [2.24, 2.45) is 0 Å². The van der Waals surface area contributed by atoms with E-state index in [1.165, 1.54) is 36.0 Å². The molecule has 1 amide bonds. The molecule has 0 spiro atoms. The predicted octanol–water partition coefficient (Wildman–Crippen LogP) is 4.78. The number of hydrogen-bond donors (Lipinski definition) is 1. The van der Waals surface area contributed by atoms with Gasteiger partial charge in [-0.15, -0.1) is 22.7 Å². The van der Waals surface area contributed by atoms with E-state index < -0.39 is 0 Å². The topological polar surface area (TPSA) is 46.4 Å². The van der Waals surface area contributed by atoms with Gasteiger partial charge in [0.2, 0.25) is 5.91 Å². The number of amides is 1. The number of nitrogens with one attached hydrogen (secondary N) is 1. The van der Waals surface area contributed by atoms with Gasteiger partial charge in [0.1, 0.15) is 0 Å². The molecule has 0 aliphatic heterocycles. The number of benzene rings is 1. The Morgan fingerprint density at radius 3 is 2.86 bits per heavy atom. The molecule has 1 aliphatic rings. The normalized spacial score (nSPS) is 14.7. The summed E-state index contributed by atoms with van der Waals surface area (Å²) in [5.74, 6) is 0.00173. The maximum absolute atomic E-state index is 12.8. The molecule has 1 atom stereocenters. The minimum atomic E-state index is -0.108. The third-order valence-electron chi connectivity index (χ3n) is 5.32. The molecule has 28 heavy (non-hydrogen) atoms. The summed E-state index contributed by atoms with van der Waals surface area (Å²) >= 11 is 3.26. The van der Waals surface area contributed by atoms with Crippen LogP contribution in [-0.2, 0) is 24.1 Å². The summed E-state index contributed by atoms with van der Waals surface area (Å²) in [5, 5.41) is 7.31. The third kappa shape index (κ3) is 3.50. The highest BCUT2D eigenvalue weighted by Gasteiger charge is 2.21. The first kappa shape index (κ1) is 17.6. The molecule has 0 saturated carbocycles. The van der Waals surface area contributed by atoms with E-state index >= 15 is 0 Å². The van der Waals surface area contributed by atoms with Gasteiger partial charge in [0.25, 0.3) is 0 Å². The maximum atomic E-state index is 12.8. The van der Waals surface area contributed by atoms with Crippen molar-refractivity contribution in [3.8, 4) is 0 Å². The number of rotatable bonds is 5. The molecule has 6 heteroatoms. The van der Waals surface area contributed by atoms with Crippen molar-refractivity contribution >= 4 is 33.5 Å². The van der Waals surface area contributed by atoms with Crippen molar-refractivity contribution in [1.82, 2.24) is 14.7 Å². The molecule has 1 N–H and O–H groups in total. The van der Waals surface area contributed by atoms with Crippen LogP contribution >= 0.6 is 22.7 Å². The molecule has 0 saturated heterocycles. The van der Waals surface area contributed by atoms with E-state index in [-0.39, 0.29) is 11.9 Å². The van der Waals surface area contributed by atoms with E-state index in [4.69, 9.17) is 0 Å². The smallest absolute Gasteiger partial charge is 0.226 e. The lowest BCUT2D eigenvalue weighted by molar-refractivity contribution is -0.121. The summed E-state index contributed by atoms with van der Waals surface area (Å²) in [4.78, 5) is 19.4. The second-order valence-corrected chi connectivity index (χ2v) is 9.11. The number of carbonyl (C=O) groups is 1. The van der Waals surface area contributed by atoms with Gasteiger partial charge in [-0.3, -0.25) is 9.20 Å². The molecule has 142 valence electrons. The Hall–Kier alpha value is -2.44. The molecule has 4 nitrogen and oxygen atoms in total. The van der Waals surface area contributed by atoms with Crippen LogP contribution in [0.15, 0.2) is 53.5 Å². The number of aromatic nitrogens is 2. The average Bonchev–Trinajstić information content (AvgIpc) is 3.43. The Kier molecular flexibility index (Phi) is 4.74. The molecule has 0 bridgehead atoms. The van der Waals surface area contributed by atoms with Gasteiger partial charge in [0, 0.05) is 22.7 Å². The van der Waals surface area contributed by atoms with Gasteiger partial charge < -0.3 is 5.32 Å². The van der Waals surface area contributed by atoms with Crippen molar-refractivity contribution in [2.45, 2.75) is 38.1 Å². The van der Waals surface area contributed by atoms with E-state index in [9.17, 15) is 4.79 Å². The molecule has 5 rings (SSSR count). The van der Waals surface area contributed by atoms with Gasteiger partial charge in [-0.1, -0.05) is 24.3 Å². The number of imidazole rings is 1. The maximum Gasteiger partial charge on any atom is 0.226 e. The Labute approximate surface area is 171 Å². The zero-order valence-corrected chi connectivity index (χ0v) is 17.1. The molecule has 1 aromatic carbocycles. The highest BCUT2D eigenvalue weighted by molar-refractivity contribution is 7.15. The standard InChI is InChI=1S/C22H21N3OS2/c26-20(13-18-14-25-9-11-28-22(25)23-18)24-21(19-6-3-10-27-19)17-8-7-15-4-1-2-5-16(15)12-17/h3,6-12,14,21H,1-2,4-5,13H2,(H,24,26). The highest BCUT2D eigenvalue weighted by Crippen LogP contribution is 2.30. The molecule has 4 aromatic rings. The van der Waals surface area contributed by atoms with Gasteiger partial charge >= 0.3 is 0 Å². The molecule has 3 aromatic heterocycles. The van der Waals surface area contributed by atoms with Gasteiger partial charge in [-0.05, 0) is 53.8 Å². The van der Waals surface area contributed by atoms with Gasteiger partial charge in [-0.2, -0.15) is 0 Å². The molecule has 0 fully saturated rings. The Balaban J connectivity index is 1.39. The lowest BCUT2D eigenvalue weighted by Crippen LogP contribution is -2.30. The van der Waals surface area contributed by atoms with Gasteiger partial charge in [-0.25, -0.2) is 4.98 Å². The van der Waals surface area contributed by atoms with E-state index in [1.54, 1.807) is 22.7 Å². The number of thiazole rings is 1. The fourth-order valence-electron chi connectivity index (χ4n) is 3.94. The number of nitrogens with zero attached hydrogens (tertiary/aromatic N) is 2. The third-order valence-corrected chi connectivity index (χ3v) is 7.03. The van der Waals surface area contributed by atoms with E-state index in [0.717, 1.165) is 22.0 Å². The van der Waals surface area contributed by atoms with Crippen LogP contribution in [-0.4, -0.2) is 15.3 Å². The first-order chi connectivity index (χ1) is 13.8. The monoisotopic (exact) mass is 407 g/mol. The number of hydrogen-bond acceptors (Lipinski definition) is 4. The van der Waals surface area contributed by atoms with Crippen LogP contribution < -0.4 is 5.32 Å². The average molecular weight is 408 g/mol.